The minimum absolute atomic E-state index is 0.143. The number of aryl methyl sites for hydroxylation is 1. The summed E-state index contributed by atoms with van der Waals surface area (Å²) in [6.45, 7) is 26.4. The lowest BCUT2D eigenvalue weighted by Gasteiger charge is -2.35. The van der Waals surface area contributed by atoms with Crippen LogP contribution in [0, 0.1) is 0 Å². The van der Waals surface area contributed by atoms with E-state index >= 15 is 0 Å². The van der Waals surface area contributed by atoms with Crippen LogP contribution in [0.2, 0.25) is 0 Å². The molecule has 4 aliphatic carbocycles. The molecule has 139 heavy (non-hydrogen) atoms. The molecule has 0 saturated carbocycles. The maximum absolute atomic E-state index is 6.53. The van der Waals surface area contributed by atoms with E-state index in [-0.39, 0.29) is 10.8 Å². The number of benzene rings is 18. The Morgan fingerprint density at radius 1 is 0.237 bits per heavy atom. The third kappa shape index (κ3) is 16.7. The first-order valence-electron chi connectivity index (χ1n) is 50.7. The van der Waals surface area contributed by atoms with Gasteiger partial charge in [-0.1, -0.05) is 423 Å². The van der Waals surface area contributed by atoms with Crippen molar-refractivity contribution in [1.29, 1.82) is 0 Å². The van der Waals surface area contributed by atoms with Gasteiger partial charge >= 0.3 is 0 Å². The fourth-order valence-electron chi connectivity index (χ4n) is 22.9. The van der Waals surface area contributed by atoms with Crippen LogP contribution in [0.4, 0.5) is 34.1 Å². The lowest BCUT2D eigenvalue weighted by molar-refractivity contribution is 0.306. The van der Waals surface area contributed by atoms with E-state index in [1.54, 1.807) is 0 Å². The molecule has 4 aliphatic rings. The molecule has 0 heterocycles. The van der Waals surface area contributed by atoms with Crippen LogP contribution in [-0.2, 0) is 41.3 Å². The Morgan fingerprint density at radius 3 is 0.885 bits per heavy atom. The molecule has 0 saturated heterocycles. The van der Waals surface area contributed by atoms with Crippen LogP contribution in [0.5, 0.6) is 11.5 Å². The van der Waals surface area contributed by atoms with E-state index in [2.05, 4.69) is 511 Å². The largest absolute Gasteiger partial charge is 0.489 e. The van der Waals surface area contributed by atoms with Gasteiger partial charge in [0.15, 0.2) is 0 Å². The summed E-state index contributed by atoms with van der Waals surface area (Å²) in [7, 11) is 0. The third-order valence-electron chi connectivity index (χ3n) is 31.1. The van der Waals surface area contributed by atoms with E-state index in [1.165, 1.54) is 193 Å². The van der Waals surface area contributed by atoms with E-state index in [4.69, 9.17) is 9.47 Å². The van der Waals surface area contributed by atoms with Gasteiger partial charge in [-0.2, -0.15) is 0 Å². The first kappa shape index (κ1) is 90.6. The molecule has 0 amide bonds. The van der Waals surface area contributed by atoms with E-state index in [1.807, 2.05) is 0 Å². The molecule has 22 rings (SSSR count). The average molecular weight is 1810 g/mol. The Hall–Kier alpha value is -14.8. The van der Waals surface area contributed by atoms with E-state index in [0.29, 0.717) is 31.0 Å². The summed E-state index contributed by atoms with van der Waals surface area (Å²) in [5.74, 6) is 3.24. The zero-order valence-electron chi connectivity index (χ0n) is 82.2. The van der Waals surface area contributed by atoms with Crippen molar-refractivity contribution in [2.75, 3.05) is 9.80 Å². The summed E-state index contributed by atoms with van der Waals surface area (Å²) in [4.78, 5) is 4.95. The Labute approximate surface area is 824 Å². The summed E-state index contributed by atoms with van der Waals surface area (Å²) < 4.78 is 13.0. The molecule has 686 valence electrons. The maximum atomic E-state index is 6.53. The normalized spacial score (nSPS) is 15.5. The molecule has 4 unspecified atom stereocenters. The summed E-state index contributed by atoms with van der Waals surface area (Å²) in [5.41, 5.74) is 43.7. The van der Waals surface area contributed by atoms with Crippen LogP contribution >= 0.6 is 0 Å². The summed E-state index contributed by atoms with van der Waals surface area (Å²) in [6, 6.07) is 159. The van der Waals surface area contributed by atoms with Crippen LogP contribution in [-0.4, -0.2) is 0 Å². The molecule has 0 spiro atoms. The monoisotopic (exact) mass is 1800 g/mol. The number of anilines is 6. The van der Waals surface area contributed by atoms with E-state index < -0.39 is 10.8 Å². The molecule has 4 heteroatoms. The highest BCUT2D eigenvalue weighted by Crippen LogP contribution is 2.62. The van der Waals surface area contributed by atoms with Gasteiger partial charge in [0.1, 0.15) is 24.7 Å². The molecular formula is C135H124N2O2. The number of hydrogen-bond acceptors (Lipinski definition) is 4. The number of fused-ring (bicyclic) bond motifs is 12. The Balaban J connectivity index is 0.000000165. The van der Waals surface area contributed by atoms with Crippen LogP contribution < -0.4 is 19.3 Å². The van der Waals surface area contributed by atoms with Gasteiger partial charge in [-0.15, -0.1) is 0 Å². The standard InChI is InChI=1S/C69H65NO.C66H59NO/c1-6-8-9-11-18-49-27-33-54(34-28-49)69(55-35-41-59(42-36-55)71-47-50-25-29-51(30-26-50)48(3)7-2)65-24-17-15-22-61(65)63-44-40-58(46-67(63)69)70(56-37-31-53(32-38-56)52-19-12-10-13-20-52)57-39-43-62-60-21-14-16-23-64(60)68(4,5)66(62)45-57;1-7-45(4)48-23-21-46(22-24-48)43-68-56-37-31-52(32-38-56)66(51-29-25-47(26-30-51)44(2)3)62-20-14-12-18-58(62)60-40-36-55(42-64(60)66)67(53-33-27-50(28-34-53)49-15-9-8-10-16-49)54-35-39-59-57-17-11-13-19-61(57)65(5,6)63(59)41-54/h10,12-17,19-46,48H,6-9,11,18,47H2,1-5H3;8-42,44-45H,7,43H2,1-6H3. The van der Waals surface area contributed by atoms with Crippen molar-refractivity contribution in [1.82, 2.24) is 0 Å². The van der Waals surface area contributed by atoms with Gasteiger partial charge in [0.2, 0.25) is 0 Å². The topological polar surface area (TPSA) is 24.9 Å². The molecular weight excluding hydrogens is 1680 g/mol. The van der Waals surface area contributed by atoms with E-state index in [9.17, 15) is 0 Å². The van der Waals surface area contributed by atoms with Crippen LogP contribution in [0.15, 0.2) is 425 Å². The molecule has 4 atom stereocenters. The van der Waals surface area contributed by atoms with Gasteiger partial charge in [-0.3, -0.25) is 0 Å². The minimum Gasteiger partial charge on any atom is -0.489 e. The van der Waals surface area contributed by atoms with Crippen molar-refractivity contribution in [3.8, 4) is 78.3 Å². The maximum Gasteiger partial charge on any atom is 0.119 e. The molecule has 0 bridgehead atoms. The molecule has 0 aromatic heterocycles. The number of unbranched alkanes of at least 4 members (excludes halogenated alkanes) is 3. The molecule has 0 aliphatic heterocycles. The van der Waals surface area contributed by atoms with Crippen LogP contribution in [0.25, 0.3) is 66.8 Å². The smallest absolute Gasteiger partial charge is 0.119 e. The fourth-order valence-corrected chi connectivity index (χ4v) is 22.9. The summed E-state index contributed by atoms with van der Waals surface area (Å²) in [5, 5.41) is 0. The summed E-state index contributed by atoms with van der Waals surface area (Å²) in [6.07, 6.45) is 8.37. The third-order valence-corrected chi connectivity index (χ3v) is 31.1. The molecule has 0 fully saturated rings. The number of nitrogens with zero attached hydrogens (tertiary/aromatic N) is 2. The predicted octanol–water partition coefficient (Wildman–Crippen LogP) is 36.4. The zero-order chi connectivity index (χ0) is 95.1. The van der Waals surface area contributed by atoms with Gasteiger partial charge in [-0.25, -0.2) is 0 Å². The first-order chi connectivity index (χ1) is 67.9. The molecule has 18 aromatic rings. The summed E-state index contributed by atoms with van der Waals surface area (Å²) >= 11 is 0. The van der Waals surface area contributed by atoms with Gasteiger partial charge in [0.05, 0.1) is 10.8 Å². The number of rotatable bonds is 28. The Kier molecular flexibility index (Phi) is 24.9. The van der Waals surface area contributed by atoms with Crippen molar-refractivity contribution in [3.05, 3.63) is 525 Å². The molecule has 0 radical (unpaired) electrons. The molecule has 4 nitrogen and oxygen atoms in total. The van der Waals surface area contributed by atoms with Crippen molar-refractivity contribution in [2.24, 2.45) is 0 Å². The Bertz CT molecular complexity index is 7440. The SMILES string of the molecule is CCC(C)c1ccc(COc2ccc(C3(c4ccc(C(C)C)cc4)c4ccccc4-c4ccc(N(c5ccc(-c6ccccc6)cc5)c5ccc6c(c5)C(C)(C)c5ccccc5-6)cc43)cc2)cc1.CCCCCCc1ccc(C2(c3ccc(OCc4ccc(C(C)CC)cc4)cc3)c3ccccc3-c3ccc(N(c4ccc(-c5ccccc5)cc4)c4ccc5c(c4)C(C)(C)c4ccccc4-5)cc32)cc1. The lowest BCUT2D eigenvalue weighted by atomic mass is 9.67. The predicted molar refractivity (Wildman–Crippen MR) is 584 cm³/mol. The van der Waals surface area contributed by atoms with Gasteiger partial charge in [0, 0.05) is 45.0 Å². The van der Waals surface area contributed by atoms with Crippen molar-refractivity contribution in [3.63, 3.8) is 0 Å². The molecule has 18 aromatic carbocycles. The van der Waals surface area contributed by atoms with E-state index in [0.717, 1.165) is 64.9 Å². The average Bonchev–Trinajstić information content (AvgIpc) is 1.54. The van der Waals surface area contributed by atoms with Crippen LogP contribution in [0.1, 0.15) is 233 Å². The fraction of sp³-hybridized carbons (Fsp3) is 0.200. The number of ether oxygens (including phenoxy) is 2. The zero-order valence-corrected chi connectivity index (χ0v) is 82.2. The highest BCUT2D eigenvalue weighted by Gasteiger charge is 2.49. The van der Waals surface area contributed by atoms with Gasteiger partial charge in [-0.05, 0) is 307 Å². The number of hydrogen-bond donors (Lipinski definition) is 0. The Morgan fingerprint density at radius 2 is 0.525 bits per heavy atom. The second kappa shape index (κ2) is 38.3. The minimum atomic E-state index is -0.605. The second-order valence-electron chi connectivity index (χ2n) is 40.4. The molecule has 0 N–H and O–H groups in total. The van der Waals surface area contributed by atoms with Crippen molar-refractivity contribution >= 4 is 34.1 Å². The van der Waals surface area contributed by atoms with Crippen molar-refractivity contribution < 1.29 is 9.47 Å². The van der Waals surface area contributed by atoms with Crippen molar-refractivity contribution in [2.45, 2.75) is 174 Å². The van der Waals surface area contributed by atoms with Gasteiger partial charge in [0.25, 0.3) is 0 Å². The van der Waals surface area contributed by atoms with Gasteiger partial charge < -0.3 is 19.3 Å². The highest BCUT2D eigenvalue weighted by molar-refractivity contribution is 5.94. The lowest BCUT2D eigenvalue weighted by Crippen LogP contribution is -2.29. The quantitative estimate of drug-likeness (QED) is 0.0456. The van der Waals surface area contributed by atoms with Crippen LogP contribution in [0.3, 0.4) is 0 Å². The first-order valence-corrected chi connectivity index (χ1v) is 50.7. The second-order valence-corrected chi connectivity index (χ2v) is 40.4. The highest BCUT2D eigenvalue weighted by atomic mass is 16.5.